The van der Waals surface area contributed by atoms with Crippen molar-refractivity contribution in [2.24, 2.45) is 0 Å². The van der Waals surface area contributed by atoms with Gasteiger partial charge in [-0.05, 0) is 31.5 Å². The van der Waals surface area contributed by atoms with E-state index < -0.39 is 11.9 Å². The number of hydrogen-bond acceptors (Lipinski definition) is 4. The molecule has 0 saturated heterocycles. The summed E-state index contributed by atoms with van der Waals surface area (Å²) in [5.41, 5.74) is 1.63. The Kier molecular flexibility index (Phi) is 3.84. The molecule has 0 aliphatic rings. The average molecular weight is 274 g/mol. The second-order valence-electron chi connectivity index (χ2n) is 4.25. The van der Waals surface area contributed by atoms with Gasteiger partial charge in [0, 0.05) is 17.1 Å². The molecule has 6 nitrogen and oxygen atoms in total. The fourth-order valence-corrected chi connectivity index (χ4v) is 1.89. The molecule has 0 aliphatic heterocycles. The lowest BCUT2D eigenvalue weighted by molar-refractivity contribution is -0.152. The Balaban J connectivity index is 2.30. The summed E-state index contributed by atoms with van der Waals surface area (Å²) in [5.74, 6) is -1.79. The fraction of sp³-hybridized carbons (Fsp3) is 0.214. The number of hydrogen-bond donors (Lipinski definition) is 2. The monoisotopic (exact) mass is 274 g/mol. The van der Waals surface area contributed by atoms with Crippen LogP contribution in [0.25, 0.3) is 10.9 Å². The first kappa shape index (κ1) is 13.8. The molecule has 1 aromatic heterocycles. The maximum absolute atomic E-state index is 11.5. The standard InChI is InChI=1S/C14H14N2O4/c1-3-20-14(19)13(18)15-9-4-5-10-8(2)6-12(17)16-11(10)7-9/h4-7H,3H2,1-2H3,(H,15,18)(H,16,17). The van der Waals surface area contributed by atoms with Crippen LogP contribution in [0.1, 0.15) is 12.5 Å². The molecule has 0 aliphatic carbocycles. The third-order valence-electron chi connectivity index (χ3n) is 2.77. The van der Waals surface area contributed by atoms with E-state index in [4.69, 9.17) is 0 Å². The molecule has 104 valence electrons. The van der Waals surface area contributed by atoms with Crippen LogP contribution in [0, 0.1) is 6.92 Å². The van der Waals surface area contributed by atoms with Crippen LogP contribution in [0.15, 0.2) is 29.1 Å². The molecule has 0 bridgehead atoms. The summed E-state index contributed by atoms with van der Waals surface area (Å²) in [6, 6.07) is 6.52. The molecule has 1 aromatic carbocycles. The number of carbonyl (C=O) groups excluding carboxylic acids is 2. The van der Waals surface area contributed by atoms with Crippen molar-refractivity contribution >= 4 is 28.5 Å². The zero-order valence-electron chi connectivity index (χ0n) is 11.1. The molecule has 1 heterocycles. The Hall–Kier alpha value is -2.63. The zero-order chi connectivity index (χ0) is 14.7. The molecule has 2 rings (SSSR count). The van der Waals surface area contributed by atoms with E-state index in [0.29, 0.717) is 11.2 Å². The number of ether oxygens (including phenoxy) is 1. The van der Waals surface area contributed by atoms with E-state index in [0.717, 1.165) is 10.9 Å². The highest BCUT2D eigenvalue weighted by Crippen LogP contribution is 2.19. The summed E-state index contributed by atoms with van der Waals surface area (Å²) in [4.78, 5) is 36.8. The second-order valence-corrected chi connectivity index (χ2v) is 4.25. The molecular weight excluding hydrogens is 260 g/mol. The van der Waals surface area contributed by atoms with Crippen LogP contribution in [-0.2, 0) is 14.3 Å². The van der Waals surface area contributed by atoms with Gasteiger partial charge >= 0.3 is 11.9 Å². The average Bonchev–Trinajstić information content (AvgIpc) is 2.38. The van der Waals surface area contributed by atoms with Crippen molar-refractivity contribution in [2.75, 3.05) is 11.9 Å². The van der Waals surface area contributed by atoms with Gasteiger partial charge in [0.25, 0.3) is 0 Å². The molecule has 0 radical (unpaired) electrons. The van der Waals surface area contributed by atoms with Crippen molar-refractivity contribution in [3.63, 3.8) is 0 Å². The van der Waals surface area contributed by atoms with E-state index >= 15 is 0 Å². The van der Waals surface area contributed by atoms with Gasteiger partial charge < -0.3 is 15.0 Å². The smallest absolute Gasteiger partial charge is 0.397 e. The van der Waals surface area contributed by atoms with Crippen LogP contribution >= 0.6 is 0 Å². The van der Waals surface area contributed by atoms with Gasteiger partial charge in [0.15, 0.2) is 0 Å². The van der Waals surface area contributed by atoms with Crippen molar-refractivity contribution in [1.82, 2.24) is 4.98 Å². The topological polar surface area (TPSA) is 88.3 Å². The minimum Gasteiger partial charge on any atom is -0.459 e. The Morgan fingerprint density at radius 3 is 2.75 bits per heavy atom. The molecule has 20 heavy (non-hydrogen) atoms. The van der Waals surface area contributed by atoms with E-state index in [-0.39, 0.29) is 12.2 Å². The third-order valence-corrected chi connectivity index (χ3v) is 2.77. The number of carbonyl (C=O) groups is 2. The van der Waals surface area contributed by atoms with E-state index in [1.807, 2.05) is 6.92 Å². The summed E-state index contributed by atoms with van der Waals surface area (Å²) >= 11 is 0. The summed E-state index contributed by atoms with van der Waals surface area (Å²) < 4.78 is 4.59. The van der Waals surface area contributed by atoms with E-state index in [1.54, 1.807) is 25.1 Å². The number of fused-ring (bicyclic) bond motifs is 1. The van der Waals surface area contributed by atoms with Crippen LogP contribution in [-0.4, -0.2) is 23.5 Å². The molecule has 0 spiro atoms. The number of aryl methyl sites for hydroxylation is 1. The lowest BCUT2D eigenvalue weighted by atomic mass is 10.1. The molecule has 2 aromatic rings. The highest BCUT2D eigenvalue weighted by atomic mass is 16.5. The molecule has 0 fully saturated rings. The van der Waals surface area contributed by atoms with Gasteiger partial charge in [0.2, 0.25) is 5.56 Å². The number of amides is 1. The first-order chi connectivity index (χ1) is 9.51. The number of esters is 1. The number of rotatable bonds is 2. The van der Waals surface area contributed by atoms with Gasteiger partial charge in [-0.1, -0.05) is 6.07 Å². The van der Waals surface area contributed by atoms with Crippen molar-refractivity contribution in [3.05, 3.63) is 40.2 Å². The number of nitrogens with one attached hydrogen (secondary N) is 2. The highest BCUT2D eigenvalue weighted by Gasteiger charge is 2.14. The maximum atomic E-state index is 11.5. The van der Waals surface area contributed by atoms with Crippen molar-refractivity contribution in [1.29, 1.82) is 0 Å². The molecule has 0 saturated carbocycles. The molecule has 0 unspecified atom stereocenters. The quantitative estimate of drug-likeness (QED) is 0.639. The van der Waals surface area contributed by atoms with E-state index in [2.05, 4.69) is 15.0 Å². The lowest BCUT2D eigenvalue weighted by Gasteiger charge is -2.07. The van der Waals surface area contributed by atoms with Crippen LogP contribution in [0.3, 0.4) is 0 Å². The summed E-state index contributed by atoms with van der Waals surface area (Å²) in [7, 11) is 0. The van der Waals surface area contributed by atoms with Crippen molar-refractivity contribution in [2.45, 2.75) is 13.8 Å². The molecule has 1 amide bonds. The largest absolute Gasteiger partial charge is 0.459 e. The minimum absolute atomic E-state index is 0.135. The van der Waals surface area contributed by atoms with Crippen LogP contribution in [0.2, 0.25) is 0 Å². The summed E-state index contributed by atoms with van der Waals surface area (Å²) in [6.45, 7) is 3.58. The summed E-state index contributed by atoms with van der Waals surface area (Å²) in [6.07, 6.45) is 0. The van der Waals surface area contributed by atoms with Gasteiger partial charge in [0.05, 0.1) is 12.1 Å². The van der Waals surface area contributed by atoms with E-state index in [1.165, 1.54) is 6.07 Å². The normalized spacial score (nSPS) is 10.3. The fourth-order valence-electron chi connectivity index (χ4n) is 1.89. The van der Waals surface area contributed by atoms with Crippen LogP contribution < -0.4 is 10.9 Å². The van der Waals surface area contributed by atoms with Gasteiger partial charge in [0.1, 0.15) is 0 Å². The number of H-pyrrole nitrogens is 1. The SMILES string of the molecule is CCOC(=O)C(=O)Nc1ccc2c(C)cc(=O)[nH]c2c1. The Morgan fingerprint density at radius 2 is 2.05 bits per heavy atom. The second kappa shape index (κ2) is 5.56. The van der Waals surface area contributed by atoms with Crippen LogP contribution in [0.5, 0.6) is 0 Å². The first-order valence-electron chi connectivity index (χ1n) is 6.13. The number of aromatic amines is 1. The van der Waals surface area contributed by atoms with E-state index in [9.17, 15) is 14.4 Å². The predicted octanol–water partition coefficient (Wildman–Crippen LogP) is 1.34. The van der Waals surface area contributed by atoms with Crippen molar-refractivity contribution < 1.29 is 14.3 Å². The van der Waals surface area contributed by atoms with Crippen LogP contribution in [0.4, 0.5) is 5.69 Å². The molecule has 6 heteroatoms. The van der Waals surface area contributed by atoms with Crippen molar-refractivity contribution in [3.8, 4) is 0 Å². The zero-order valence-corrected chi connectivity index (χ0v) is 11.1. The molecule has 2 N–H and O–H groups in total. The Labute approximate surface area is 114 Å². The maximum Gasteiger partial charge on any atom is 0.397 e. The highest BCUT2D eigenvalue weighted by molar-refractivity contribution is 6.37. The number of anilines is 1. The van der Waals surface area contributed by atoms with Gasteiger partial charge in [-0.15, -0.1) is 0 Å². The van der Waals surface area contributed by atoms with Gasteiger partial charge in [-0.25, -0.2) is 4.79 Å². The first-order valence-corrected chi connectivity index (χ1v) is 6.13. The lowest BCUT2D eigenvalue weighted by Crippen LogP contribution is -2.25. The van der Waals surface area contributed by atoms with Gasteiger partial charge in [-0.2, -0.15) is 0 Å². The summed E-state index contributed by atoms with van der Waals surface area (Å²) in [5, 5.41) is 3.30. The molecular formula is C14H14N2O4. The number of pyridine rings is 1. The Morgan fingerprint density at radius 1 is 1.30 bits per heavy atom. The number of aromatic nitrogens is 1. The molecule has 0 atom stereocenters. The third kappa shape index (κ3) is 2.85. The Bertz CT molecular complexity index is 734. The van der Waals surface area contributed by atoms with Gasteiger partial charge in [-0.3, -0.25) is 9.59 Å². The number of benzene rings is 1. The predicted molar refractivity (Wildman–Crippen MR) is 74.6 cm³/mol. The minimum atomic E-state index is -0.940.